The number of hydrogen-bond acceptors (Lipinski definition) is 3. The molecule has 0 N–H and O–H groups in total. The first-order valence-corrected chi connectivity index (χ1v) is 7.62. The van der Waals surface area contributed by atoms with E-state index in [9.17, 15) is 4.79 Å². The number of benzene rings is 1. The van der Waals surface area contributed by atoms with E-state index in [0.717, 1.165) is 39.1 Å². The maximum Gasteiger partial charge on any atom is 0.175 e. The van der Waals surface area contributed by atoms with Gasteiger partial charge in [0.25, 0.3) is 0 Å². The third-order valence-electron chi connectivity index (χ3n) is 3.68. The van der Waals surface area contributed by atoms with Gasteiger partial charge in [0.1, 0.15) is 0 Å². The molecule has 0 radical (unpaired) electrons. The number of rotatable bonds is 3. The van der Waals surface area contributed by atoms with E-state index >= 15 is 0 Å². The van der Waals surface area contributed by atoms with Crippen molar-refractivity contribution in [2.24, 2.45) is 5.92 Å². The maximum absolute atomic E-state index is 12.1. The summed E-state index contributed by atoms with van der Waals surface area (Å²) in [6.07, 6.45) is 3.93. The largest absolute Gasteiger partial charge is 0.293 e. The first kappa shape index (κ1) is 11.8. The normalized spacial score (nSPS) is 14.6. The van der Waals surface area contributed by atoms with Gasteiger partial charge in [-0.3, -0.25) is 9.78 Å². The number of carbonyl (C=O) groups excluding carboxylic acids is 1. The number of carbonyl (C=O) groups is 1. The molecular weight excluding hydrogens is 266 g/mol. The van der Waals surface area contributed by atoms with Gasteiger partial charge in [0.15, 0.2) is 5.78 Å². The van der Waals surface area contributed by atoms with E-state index in [1.807, 2.05) is 18.2 Å². The van der Waals surface area contributed by atoms with Crippen LogP contribution in [0.25, 0.3) is 21.3 Å². The number of aromatic nitrogens is 1. The van der Waals surface area contributed by atoms with Gasteiger partial charge in [0.05, 0.1) is 10.4 Å². The molecule has 0 aliphatic heterocycles. The summed E-state index contributed by atoms with van der Waals surface area (Å²) in [5.74, 6) is 0.617. The molecule has 98 valence electrons. The summed E-state index contributed by atoms with van der Waals surface area (Å²) in [6.45, 7) is 0. The molecule has 1 aliphatic rings. The molecule has 0 unspecified atom stereocenters. The van der Waals surface area contributed by atoms with Gasteiger partial charge in [-0.1, -0.05) is 12.1 Å². The lowest BCUT2D eigenvalue weighted by Gasteiger charge is -2.00. The van der Waals surface area contributed by atoms with Gasteiger partial charge >= 0.3 is 0 Å². The van der Waals surface area contributed by atoms with E-state index in [4.69, 9.17) is 0 Å². The van der Waals surface area contributed by atoms with Crippen LogP contribution in [0.1, 0.15) is 22.5 Å². The highest BCUT2D eigenvalue weighted by Gasteiger charge is 2.31. The van der Waals surface area contributed by atoms with Crippen LogP contribution in [0, 0.1) is 5.92 Å². The number of fused-ring (bicyclic) bond motifs is 1. The predicted molar refractivity (Wildman–Crippen MR) is 82.1 cm³/mol. The summed E-state index contributed by atoms with van der Waals surface area (Å²) in [5, 5.41) is 1.13. The number of hydrogen-bond donors (Lipinski definition) is 0. The Morgan fingerprint density at radius 2 is 2.05 bits per heavy atom. The van der Waals surface area contributed by atoms with Gasteiger partial charge in [-0.15, -0.1) is 11.3 Å². The van der Waals surface area contributed by atoms with E-state index < -0.39 is 0 Å². The SMILES string of the molecule is O=C(c1ccc(-c2ccc3ncccc3c2)s1)C1CC1. The van der Waals surface area contributed by atoms with Crippen LogP contribution in [0.15, 0.2) is 48.7 Å². The Balaban J connectivity index is 1.73. The molecule has 1 fully saturated rings. The topological polar surface area (TPSA) is 30.0 Å². The van der Waals surface area contributed by atoms with E-state index in [0.29, 0.717) is 11.7 Å². The third kappa shape index (κ3) is 2.04. The minimum atomic E-state index is 0.294. The molecule has 0 amide bonds. The van der Waals surface area contributed by atoms with Crippen LogP contribution in [0.3, 0.4) is 0 Å². The van der Waals surface area contributed by atoms with Crippen molar-refractivity contribution in [3.8, 4) is 10.4 Å². The third-order valence-corrected chi connectivity index (χ3v) is 4.83. The zero-order valence-corrected chi connectivity index (χ0v) is 11.7. The van der Waals surface area contributed by atoms with E-state index in [-0.39, 0.29) is 0 Å². The zero-order chi connectivity index (χ0) is 13.5. The molecule has 2 heterocycles. The molecule has 2 nitrogen and oxygen atoms in total. The quantitative estimate of drug-likeness (QED) is 0.658. The van der Waals surface area contributed by atoms with E-state index in [2.05, 4.69) is 29.2 Å². The Hall–Kier alpha value is -2.00. The molecule has 0 atom stereocenters. The van der Waals surface area contributed by atoms with Gasteiger partial charge in [0, 0.05) is 22.4 Å². The fourth-order valence-electron chi connectivity index (χ4n) is 2.40. The number of nitrogens with zero attached hydrogens (tertiary/aromatic N) is 1. The average Bonchev–Trinajstić information content (AvgIpc) is 3.23. The highest BCUT2D eigenvalue weighted by atomic mass is 32.1. The second-order valence-corrected chi connectivity index (χ2v) is 6.30. The van der Waals surface area contributed by atoms with Crippen LogP contribution in [0.4, 0.5) is 0 Å². The van der Waals surface area contributed by atoms with Gasteiger partial charge < -0.3 is 0 Å². The van der Waals surface area contributed by atoms with Crippen LogP contribution in [-0.2, 0) is 0 Å². The van der Waals surface area contributed by atoms with Gasteiger partial charge in [-0.2, -0.15) is 0 Å². The maximum atomic E-state index is 12.1. The number of ketones is 1. The number of pyridine rings is 1. The second kappa shape index (κ2) is 4.53. The zero-order valence-electron chi connectivity index (χ0n) is 10.9. The fraction of sp³-hybridized carbons (Fsp3) is 0.176. The lowest BCUT2D eigenvalue weighted by atomic mass is 10.1. The molecule has 1 aliphatic carbocycles. The van der Waals surface area contributed by atoms with Crippen molar-refractivity contribution in [3.05, 3.63) is 53.5 Å². The molecule has 4 rings (SSSR count). The van der Waals surface area contributed by atoms with Crippen LogP contribution < -0.4 is 0 Å². The predicted octanol–water partition coefficient (Wildman–Crippen LogP) is 4.56. The summed E-state index contributed by atoms with van der Waals surface area (Å²) < 4.78 is 0. The Bertz CT molecular complexity index is 801. The summed E-state index contributed by atoms with van der Waals surface area (Å²) in [4.78, 5) is 18.4. The van der Waals surface area contributed by atoms with Gasteiger partial charge in [-0.05, 0) is 48.7 Å². The van der Waals surface area contributed by atoms with Crippen LogP contribution in [0.2, 0.25) is 0 Å². The van der Waals surface area contributed by atoms with Crippen molar-refractivity contribution in [1.29, 1.82) is 0 Å². The molecule has 2 aromatic heterocycles. The van der Waals surface area contributed by atoms with Crippen LogP contribution in [-0.4, -0.2) is 10.8 Å². The highest BCUT2D eigenvalue weighted by Crippen LogP contribution is 2.37. The average molecular weight is 279 g/mol. The van der Waals surface area contributed by atoms with Crippen molar-refractivity contribution in [1.82, 2.24) is 4.98 Å². The lowest BCUT2D eigenvalue weighted by Crippen LogP contribution is -1.96. The molecule has 0 bridgehead atoms. The number of thiophene rings is 1. The van der Waals surface area contributed by atoms with E-state index in [1.54, 1.807) is 17.5 Å². The second-order valence-electron chi connectivity index (χ2n) is 5.21. The Labute approximate surface area is 121 Å². The van der Waals surface area contributed by atoms with Crippen molar-refractivity contribution in [2.45, 2.75) is 12.8 Å². The molecule has 0 saturated heterocycles. The lowest BCUT2D eigenvalue weighted by molar-refractivity contribution is 0.0971. The van der Waals surface area contributed by atoms with Crippen molar-refractivity contribution >= 4 is 28.0 Å². The first-order chi connectivity index (χ1) is 9.81. The highest BCUT2D eigenvalue weighted by molar-refractivity contribution is 7.17. The van der Waals surface area contributed by atoms with E-state index in [1.165, 1.54) is 0 Å². The van der Waals surface area contributed by atoms with Gasteiger partial charge in [0.2, 0.25) is 0 Å². The smallest absolute Gasteiger partial charge is 0.175 e. The summed E-state index contributed by atoms with van der Waals surface area (Å²) in [7, 11) is 0. The molecule has 3 aromatic rings. The molecule has 1 aromatic carbocycles. The molecular formula is C17H13NOS. The minimum absolute atomic E-state index is 0.294. The standard InChI is InChI=1S/C17H13NOS/c19-17(11-3-4-11)16-8-7-15(20-16)13-5-6-14-12(10-13)2-1-9-18-14/h1-2,5-11H,3-4H2. The Morgan fingerprint density at radius 1 is 1.15 bits per heavy atom. The molecule has 3 heteroatoms. The van der Waals surface area contributed by atoms with Crippen LogP contribution in [0.5, 0.6) is 0 Å². The molecule has 20 heavy (non-hydrogen) atoms. The monoisotopic (exact) mass is 279 g/mol. The van der Waals surface area contributed by atoms with Crippen molar-refractivity contribution in [2.75, 3.05) is 0 Å². The van der Waals surface area contributed by atoms with Crippen molar-refractivity contribution < 1.29 is 4.79 Å². The number of Topliss-reactive ketones (excluding diaryl/α,β-unsaturated/α-hetero) is 1. The van der Waals surface area contributed by atoms with Crippen molar-refractivity contribution in [3.63, 3.8) is 0 Å². The first-order valence-electron chi connectivity index (χ1n) is 6.80. The molecule has 1 saturated carbocycles. The summed E-state index contributed by atoms with van der Waals surface area (Å²) >= 11 is 1.60. The Morgan fingerprint density at radius 3 is 2.90 bits per heavy atom. The van der Waals surface area contributed by atoms with Crippen LogP contribution >= 0.6 is 11.3 Å². The fourth-order valence-corrected chi connectivity index (χ4v) is 3.42. The molecule has 0 spiro atoms. The van der Waals surface area contributed by atoms with Gasteiger partial charge in [-0.25, -0.2) is 0 Å². The summed E-state index contributed by atoms with van der Waals surface area (Å²) in [6, 6.07) is 14.3. The minimum Gasteiger partial charge on any atom is -0.293 e. The summed E-state index contributed by atoms with van der Waals surface area (Å²) in [5.41, 5.74) is 2.16. The Kier molecular flexibility index (Phi) is 2.67.